The van der Waals surface area contributed by atoms with Crippen molar-refractivity contribution in [3.8, 4) is 0 Å². The maximum atomic E-state index is 12.3. The lowest BCUT2D eigenvalue weighted by Crippen LogP contribution is -2.52. The standard InChI is InChI=1S/C20H39N5O.HI/c1-4-5-6-8-17(2)23-20(21-3)22-11-12-24-13-15-25(16-14-24)19(26)18-9-7-10-18;/h17-18H,4-16H2,1-3H3,(H2,21,22,23);1H. The van der Waals surface area contributed by atoms with Crippen molar-refractivity contribution >= 4 is 35.8 Å². The first kappa shape index (κ1) is 24.5. The Hall–Kier alpha value is -0.570. The van der Waals surface area contributed by atoms with Crippen LogP contribution in [0.25, 0.3) is 0 Å². The summed E-state index contributed by atoms with van der Waals surface area (Å²) >= 11 is 0. The van der Waals surface area contributed by atoms with Gasteiger partial charge in [-0.1, -0.05) is 32.6 Å². The van der Waals surface area contributed by atoms with E-state index < -0.39 is 0 Å². The SMILES string of the molecule is CCCCCC(C)NC(=NC)NCCN1CCN(C(=O)C2CCC2)CC1.I. The molecule has 0 aromatic heterocycles. The number of hydrogen-bond donors (Lipinski definition) is 2. The van der Waals surface area contributed by atoms with E-state index in [0.717, 1.165) is 58.1 Å². The zero-order valence-corrected chi connectivity index (χ0v) is 19.8. The van der Waals surface area contributed by atoms with Crippen LogP contribution in [-0.2, 0) is 4.79 Å². The minimum absolute atomic E-state index is 0. The topological polar surface area (TPSA) is 60.0 Å². The van der Waals surface area contributed by atoms with Gasteiger partial charge in [-0.2, -0.15) is 0 Å². The largest absolute Gasteiger partial charge is 0.355 e. The number of piperazine rings is 1. The first-order valence-corrected chi connectivity index (χ1v) is 10.6. The van der Waals surface area contributed by atoms with Gasteiger partial charge in [0.2, 0.25) is 5.91 Å². The average Bonchev–Trinajstić information content (AvgIpc) is 2.60. The summed E-state index contributed by atoms with van der Waals surface area (Å²) in [6.07, 6.45) is 8.45. The van der Waals surface area contributed by atoms with Gasteiger partial charge in [-0.15, -0.1) is 24.0 Å². The molecule has 1 aliphatic carbocycles. The van der Waals surface area contributed by atoms with Crippen molar-refractivity contribution in [3.63, 3.8) is 0 Å². The zero-order chi connectivity index (χ0) is 18.8. The second kappa shape index (κ2) is 13.6. The third-order valence-corrected chi connectivity index (χ3v) is 5.71. The summed E-state index contributed by atoms with van der Waals surface area (Å²) in [5, 5.41) is 6.90. The fraction of sp³-hybridized carbons (Fsp3) is 0.900. The van der Waals surface area contributed by atoms with Crippen molar-refractivity contribution in [2.75, 3.05) is 46.3 Å². The van der Waals surface area contributed by atoms with E-state index >= 15 is 0 Å². The second-order valence-corrected chi connectivity index (χ2v) is 7.83. The van der Waals surface area contributed by atoms with Crippen LogP contribution in [0.2, 0.25) is 0 Å². The summed E-state index contributed by atoms with van der Waals surface area (Å²) in [6.45, 7) is 10.1. The molecule has 0 aromatic carbocycles. The summed E-state index contributed by atoms with van der Waals surface area (Å²) in [4.78, 5) is 21.1. The van der Waals surface area contributed by atoms with Crippen LogP contribution in [0.3, 0.4) is 0 Å². The Morgan fingerprint density at radius 2 is 1.89 bits per heavy atom. The maximum Gasteiger partial charge on any atom is 0.225 e. The first-order chi connectivity index (χ1) is 12.6. The molecular weight excluding hydrogens is 453 g/mol. The molecule has 0 spiro atoms. The van der Waals surface area contributed by atoms with Gasteiger partial charge >= 0.3 is 0 Å². The number of guanidine groups is 1. The van der Waals surface area contributed by atoms with E-state index in [1.165, 1.54) is 32.1 Å². The van der Waals surface area contributed by atoms with E-state index in [2.05, 4.69) is 39.3 Å². The Bertz CT molecular complexity index is 448. The maximum absolute atomic E-state index is 12.3. The number of halogens is 1. The third-order valence-electron chi connectivity index (χ3n) is 5.71. The van der Waals surface area contributed by atoms with Crippen molar-refractivity contribution in [2.45, 2.75) is 64.8 Å². The lowest BCUT2D eigenvalue weighted by atomic mass is 9.84. The van der Waals surface area contributed by atoms with E-state index in [-0.39, 0.29) is 24.0 Å². The van der Waals surface area contributed by atoms with Gasteiger partial charge in [0.1, 0.15) is 0 Å². The van der Waals surface area contributed by atoms with E-state index in [1.807, 2.05) is 7.05 Å². The van der Waals surface area contributed by atoms with Crippen LogP contribution in [0.15, 0.2) is 4.99 Å². The van der Waals surface area contributed by atoms with Gasteiger partial charge in [0, 0.05) is 58.3 Å². The Morgan fingerprint density at radius 1 is 1.19 bits per heavy atom. The van der Waals surface area contributed by atoms with Crippen LogP contribution in [-0.4, -0.2) is 74.0 Å². The summed E-state index contributed by atoms with van der Waals surface area (Å²) in [7, 11) is 1.83. The van der Waals surface area contributed by atoms with E-state index in [0.29, 0.717) is 17.9 Å². The summed E-state index contributed by atoms with van der Waals surface area (Å²) in [5.41, 5.74) is 0. The molecule has 1 saturated carbocycles. The fourth-order valence-corrected chi connectivity index (χ4v) is 3.64. The number of nitrogens with zero attached hydrogens (tertiary/aromatic N) is 3. The quantitative estimate of drug-likeness (QED) is 0.225. The Balaban J connectivity index is 0.00000364. The molecule has 1 aliphatic heterocycles. The molecule has 0 radical (unpaired) electrons. The Kier molecular flexibility index (Phi) is 12.3. The van der Waals surface area contributed by atoms with Gasteiger partial charge in [-0.3, -0.25) is 14.7 Å². The minimum Gasteiger partial charge on any atom is -0.355 e. The van der Waals surface area contributed by atoms with E-state index in [4.69, 9.17) is 0 Å². The highest BCUT2D eigenvalue weighted by Crippen LogP contribution is 2.28. The molecule has 2 fully saturated rings. The van der Waals surface area contributed by atoms with Crippen molar-refractivity contribution in [2.24, 2.45) is 10.9 Å². The smallest absolute Gasteiger partial charge is 0.225 e. The average molecular weight is 493 g/mol. The molecular formula is C20H40IN5O. The van der Waals surface area contributed by atoms with Gasteiger partial charge in [-0.25, -0.2) is 0 Å². The molecule has 2 rings (SSSR count). The zero-order valence-electron chi connectivity index (χ0n) is 17.5. The number of rotatable bonds is 9. The van der Waals surface area contributed by atoms with Crippen molar-refractivity contribution in [1.29, 1.82) is 0 Å². The van der Waals surface area contributed by atoms with Crippen LogP contribution in [0.5, 0.6) is 0 Å². The first-order valence-electron chi connectivity index (χ1n) is 10.6. The van der Waals surface area contributed by atoms with Crippen LogP contribution in [0, 0.1) is 5.92 Å². The monoisotopic (exact) mass is 493 g/mol. The predicted octanol–water partition coefficient (Wildman–Crippen LogP) is 2.68. The molecule has 2 aliphatic rings. The van der Waals surface area contributed by atoms with Crippen LogP contribution >= 0.6 is 24.0 Å². The van der Waals surface area contributed by atoms with Gasteiger partial charge < -0.3 is 15.5 Å². The van der Waals surface area contributed by atoms with Gasteiger partial charge in [-0.05, 0) is 26.2 Å². The molecule has 1 saturated heterocycles. The van der Waals surface area contributed by atoms with Crippen molar-refractivity contribution in [1.82, 2.24) is 20.4 Å². The molecule has 7 heteroatoms. The lowest BCUT2D eigenvalue weighted by molar-refractivity contribution is -0.139. The number of hydrogen-bond acceptors (Lipinski definition) is 3. The number of aliphatic imine (C=N–C) groups is 1. The Labute approximate surface area is 182 Å². The fourth-order valence-electron chi connectivity index (χ4n) is 3.64. The second-order valence-electron chi connectivity index (χ2n) is 7.83. The molecule has 0 aromatic rings. The number of amides is 1. The molecule has 27 heavy (non-hydrogen) atoms. The van der Waals surface area contributed by atoms with Crippen molar-refractivity contribution in [3.05, 3.63) is 0 Å². The Morgan fingerprint density at radius 3 is 2.44 bits per heavy atom. The molecule has 6 nitrogen and oxygen atoms in total. The number of carbonyl (C=O) groups excluding carboxylic acids is 1. The highest BCUT2D eigenvalue weighted by atomic mass is 127. The molecule has 1 heterocycles. The van der Waals surface area contributed by atoms with E-state index in [9.17, 15) is 4.79 Å². The predicted molar refractivity (Wildman–Crippen MR) is 124 cm³/mol. The van der Waals surface area contributed by atoms with Crippen LogP contribution < -0.4 is 10.6 Å². The highest BCUT2D eigenvalue weighted by Gasteiger charge is 2.30. The minimum atomic E-state index is 0. The van der Waals surface area contributed by atoms with Gasteiger partial charge in [0.25, 0.3) is 0 Å². The lowest BCUT2D eigenvalue weighted by Gasteiger charge is -2.38. The molecule has 1 amide bonds. The molecule has 158 valence electrons. The summed E-state index contributed by atoms with van der Waals surface area (Å²) < 4.78 is 0. The van der Waals surface area contributed by atoms with Crippen molar-refractivity contribution < 1.29 is 4.79 Å². The van der Waals surface area contributed by atoms with Gasteiger partial charge in [0.05, 0.1) is 0 Å². The van der Waals surface area contributed by atoms with Crippen LogP contribution in [0.1, 0.15) is 58.8 Å². The number of unbranched alkanes of at least 4 members (excludes halogenated alkanes) is 2. The summed E-state index contributed by atoms with van der Waals surface area (Å²) in [5.74, 6) is 1.63. The highest BCUT2D eigenvalue weighted by molar-refractivity contribution is 14.0. The molecule has 0 bridgehead atoms. The molecule has 1 unspecified atom stereocenters. The van der Waals surface area contributed by atoms with Gasteiger partial charge in [0.15, 0.2) is 5.96 Å². The third kappa shape index (κ3) is 8.54. The van der Waals surface area contributed by atoms with Crippen LogP contribution in [0.4, 0.5) is 0 Å². The summed E-state index contributed by atoms with van der Waals surface area (Å²) in [6, 6.07) is 0.453. The number of nitrogens with one attached hydrogen (secondary N) is 2. The molecule has 1 atom stereocenters. The molecule has 2 N–H and O–H groups in total. The normalized spacial score (nSPS) is 19.8. The van der Waals surface area contributed by atoms with E-state index in [1.54, 1.807) is 0 Å². The number of carbonyl (C=O) groups is 1.